The van der Waals surface area contributed by atoms with E-state index in [-0.39, 0.29) is 28.9 Å². The molecule has 1 unspecified atom stereocenters. The summed E-state index contributed by atoms with van der Waals surface area (Å²) in [4.78, 5) is 25.8. The molecule has 0 heterocycles. The highest BCUT2D eigenvalue weighted by Gasteiger charge is 2.21. The van der Waals surface area contributed by atoms with Gasteiger partial charge in [0.1, 0.15) is 11.9 Å². The minimum Gasteiger partial charge on any atom is -0.341 e. The molecule has 0 radical (unpaired) electrons. The van der Waals surface area contributed by atoms with Gasteiger partial charge in [-0.2, -0.15) is 0 Å². The summed E-state index contributed by atoms with van der Waals surface area (Å²) in [6.07, 6.45) is 0. The summed E-state index contributed by atoms with van der Waals surface area (Å²) >= 11 is 5.97. The lowest BCUT2D eigenvalue weighted by molar-refractivity contribution is -0.132. The number of hydrogen-bond donors (Lipinski definition) is 1. The zero-order chi connectivity index (χ0) is 17.7. The quantitative estimate of drug-likeness (QED) is 0.901. The molecule has 2 aromatic rings. The van der Waals surface area contributed by atoms with Crippen molar-refractivity contribution in [1.82, 2.24) is 10.2 Å². The van der Waals surface area contributed by atoms with Crippen LogP contribution in [-0.2, 0) is 11.3 Å². The third-order valence-electron chi connectivity index (χ3n) is 3.59. The van der Waals surface area contributed by atoms with Gasteiger partial charge in [-0.05, 0) is 31.2 Å². The predicted octanol–water partition coefficient (Wildman–Crippen LogP) is 3.26. The summed E-state index contributed by atoms with van der Waals surface area (Å²) in [5.41, 5.74) is 0.716. The van der Waals surface area contributed by atoms with E-state index in [4.69, 9.17) is 11.6 Å². The largest absolute Gasteiger partial charge is 0.341 e. The molecule has 0 aliphatic heterocycles. The van der Waals surface area contributed by atoms with Gasteiger partial charge in [-0.3, -0.25) is 9.59 Å². The number of carbonyl (C=O) groups excluding carboxylic acids is 2. The van der Waals surface area contributed by atoms with Crippen molar-refractivity contribution in [2.75, 3.05) is 7.05 Å². The summed E-state index contributed by atoms with van der Waals surface area (Å²) in [5.74, 6) is -1.14. The molecule has 0 fully saturated rings. The molecule has 0 aromatic heterocycles. The van der Waals surface area contributed by atoms with E-state index < -0.39 is 11.9 Å². The van der Waals surface area contributed by atoms with Gasteiger partial charge < -0.3 is 10.2 Å². The van der Waals surface area contributed by atoms with Crippen LogP contribution in [0.5, 0.6) is 0 Å². The van der Waals surface area contributed by atoms with Gasteiger partial charge in [0.25, 0.3) is 5.91 Å². The van der Waals surface area contributed by atoms with E-state index in [0.717, 1.165) is 0 Å². The van der Waals surface area contributed by atoms with Crippen molar-refractivity contribution in [2.45, 2.75) is 19.5 Å². The lowest BCUT2D eigenvalue weighted by Crippen LogP contribution is -2.45. The second-order valence-electron chi connectivity index (χ2n) is 5.46. The molecule has 0 bridgehead atoms. The molecule has 2 amide bonds. The van der Waals surface area contributed by atoms with Crippen LogP contribution in [0.15, 0.2) is 48.5 Å². The van der Waals surface area contributed by atoms with Gasteiger partial charge in [0.2, 0.25) is 5.91 Å². The van der Waals surface area contributed by atoms with Crippen LogP contribution >= 0.6 is 11.6 Å². The van der Waals surface area contributed by atoms with E-state index in [2.05, 4.69) is 5.32 Å². The second kappa shape index (κ2) is 7.93. The van der Waals surface area contributed by atoms with Gasteiger partial charge in [0.05, 0.1) is 0 Å². The van der Waals surface area contributed by atoms with Crippen molar-refractivity contribution in [3.05, 3.63) is 70.5 Å². The van der Waals surface area contributed by atoms with Crippen molar-refractivity contribution in [1.29, 1.82) is 0 Å². The first-order valence-electron chi connectivity index (χ1n) is 7.44. The molecule has 0 aliphatic carbocycles. The first-order valence-corrected chi connectivity index (χ1v) is 7.81. The van der Waals surface area contributed by atoms with E-state index >= 15 is 0 Å². The molecule has 1 N–H and O–H groups in total. The van der Waals surface area contributed by atoms with Crippen molar-refractivity contribution < 1.29 is 14.0 Å². The van der Waals surface area contributed by atoms with Crippen molar-refractivity contribution in [2.24, 2.45) is 0 Å². The normalized spacial score (nSPS) is 11.7. The second-order valence-corrected chi connectivity index (χ2v) is 5.86. The summed E-state index contributed by atoms with van der Waals surface area (Å²) < 4.78 is 13.8. The number of carbonyl (C=O) groups is 2. The lowest BCUT2D eigenvalue weighted by Gasteiger charge is -2.23. The molecule has 0 aliphatic rings. The van der Waals surface area contributed by atoms with Crippen LogP contribution in [0.2, 0.25) is 5.02 Å². The van der Waals surface area contributed by atoms with Crippen molar-refractivity contribution >= 4 is 23.4 Å². The Labute approximate surface area is 145 Å². The standard InChI is InChI=1S/C18H18ClFN2O2/c1-12(21-17(23)13-7-4-3-5-8-13)18(24)22(2)11-14-15(19)9-6-10-16(14)20/h3-10,12H,11H2,1-2H3,(H,21,23). The Hall–Kier alpha value is -2.40. The Morgan fingerprint density at radius 3 is 2.46 bits per heavy atom. The number of likely N-dealkylation sites (N-methyl/N-ethyl adjacent to an activating group) is 1. The maximum atomic E-state index is 13.8. The summed E-state index contributed by atoms with van der Waals surface area (Å²) in [7, 11) is 1.54. The average Bonchev–Trinajstić information content (AvgIpc) is 2.58. The topological polar surface area (TPSA) is 49.4 Å². The van der Waals surface area contributed by atoms with Gasteiger partial charge >= 0.3 is 0 Å². The fraction of sp³-hybridized carbons (Fsp3) is 0.222. The predicted molar refractivity (Wildman–Crippen MR) is 91.3 cm³/mol. The molecule has 126 valence electrons. The first-order chi connectivity index (χ1) is 11.4. The summed E-state index contributed by atoms with van der Waals surface area (Å²) in [6, 6.07) is 12.2. The van der Waals surface area contributed by atoms with Crippen LogP contribution in [0, 0.1) is 5.82 Å². The van der Waals surface area contributed by atoms with Gasteiger partial charge in [-0.25, -0.2) is 4.39 Å². The smallest absolute Gasteiger partial charge is 0.251 e. The van der Waals surface area contributed by atoms with Gasteiger partial charge in [0.15, 0.2) is 0 Å². The monoisotopic (exact) mass is 348 g/mol. The summed E-state index contributed by atoms with van der Waals surface area (Å²) in [6.45, 7) is 1.61. The molecule has 0 spiro atoms. The van der Waals surface area contributed by atoms with E-state index in [9.17, 15) is 14.0 Å². The van der Waals surface area contributed by atoms with E-state index in [1.807, 2.05) is 0 Å². The molecule has 1 atom stereocenters. The Balaban J connectivity index is 2.01. The SMILES string of the molecule is CC(NC(=O)c1ccccc1)C(=O)N(C)Cc1c(F)cccc1Cl. The maximum Gasteiger partial charge on any atom is 0.251 e. The Morgan fingerprint density at radius 2 is 1.83 bits per heavy atom. The first kappa shape index (κ1) is 17.9. The highest BCUT2D eigenvalue weighted by Crippen LogP contribution is 2.20. The minimum atomic E-state index is -0.742. The Morgan fingerprint density at radius 1 is 1.17 bits per heavy atom. The highest BCUT2D eigenvalue weighted by molar-refractivity contribution is 6.31. The number of amides is 2. The number of halogens is 2. The Bertz CT molecular complexity index is 717. The molecule has 4 nitrogen and oxygen atoms in total. The third kappa shape index (κ3) is 4.32. The van der Waals surface area contributed by atoms with Gasteiger partial charge in [-0.15, -0.1) is 0 Å². The summed E-state index contributed by atoms with van der Waals surface area (Å²) in [5, 5.41) is 2.89. The Kier molecular flexibility index (Phi) is 5.93. The fourth-order valence-electron chi connectivity index (χ4n) is 2.26. The third-order valence-corrected chi connectivity index (χ3v) is 3.94. The van der Waals surface area contributed by atoms with Gasteiger partial charge in [-0.1, -0.05) is 35.9 Å². The molecule has 2 aromatic carbocycles. The number of nitrogens with one attached hydrogen (secondary N) is 1. The number of nitrogens with zero attached hydrogens (tertiary/aromatic N) is 1. The molecule has 0 saturated heterocycles. The zero-order valence-corrected chi connectivity index (χ0v) is 14.2. The highest BCUT2D eigenvalue weighted by atomic mass is 35.5. The van der Waals surface area contributed by atoms with Crippen molar-refractivity contribution in [3.8, 4) is 0 Å². The van der Waals surface area contributed by atoms with E-state index in [0.29, 0.717) is 5.56 Å². The van der Waals surface area contributed by atoms with Crippen LogP contribution in [-0.4, -0.2) is 29.8 Å². The van der Waals surface area contributed by atoms with Crippen molar-refractivity contribution in [3.63, 3.8) is 0 Å². The van der Waals surface area contributed by atoms with Crippen LogP contribution in [0.1, 0.15) is 22.8 Å². The van der Waals surface area contributed by atoms with Crippen LogP contribution in [0.25, 0.3) is 0 Å². The van der Waals surface area contributed by atoms with E-state index in [1.165, 1.54) is 24.1 Å². The molecule has 0 saturated carbocycles. The lowest BCUT2D eigenvalue weighted by atomic mass is 10.1. The van der Waals surface area contributed by atoms with Gasteiger partial charge in [0, 0.05) is 29.7 Å². The average molecular weight is 349 g/mol. The van der Waals surface area contributed by atoms with Crippen LogP contribution in [0.3, 0.4) is 0 Å². The number of benzene rings is 2. The maximum absolute atomic E-state index is 13.8. The molecule has 6 heteroatoms. The minimum absolute atomic E-state index is 0.0237. The van der Waals surface area contributed by atoms with Crippen LogP contribution < -0.4 is 5.32 Å². The molecular weight excluding hydrogens is 331 g/mol. The van der Waals surface area contributed by atoms with Crippen LogP contribution in [0.4, 0.5) is 4.39 Å². The number of hydrogen-bond acceptors (Lipinski definition) is 2. The van der Waals surface area contributed by atoms with E-state index in [1.54, 1.807) is 43.3 Å². The molecular formula is C18H18ClFN2O2. The number of rotatable bonds is 5. The molecule has 2 rings (SSSR count). The fourth-order valence-corrected chi connectivity index (χ4v) is 2.48. The zero-order valence-electron chi connectivity index (χ0n) is 13.4. The molecule has 24 heavy (non-hydrogen) atoms.